The average molecular weight is 305 g/mol. The number of thioether (sulfide) groups is 1. The summed E-state index contributed by atoms with van der Waals surface area (Å²) in [4.78, 5) is 14.5. The Morgan fingerprint density at radius 1 is 1.40 bits per heavy atom. The fraction of sp³-hybridized carbons (Fsp3) is 0.267. The van der Waals surface area contributed by atoms with Crippen molar-refractivity contribution in [3.8, 4) is 5.75 Å². The van der Waals surface area contributed by atoms with Gasteiger partial charge in [-0.25, -0.2) is 0 Å². The molecule has 2 heterocycles. The maximum atomic E-state index is 12.5. The van der Waals surface area contributed by atoms with Gasteiger partial charge in [-0.1, -0.05) is 12.1 Å². The number of amides is 1. The summed E-state index contributed by atoms with van der Waals surface area (Å²) in [5.74, 6) is 1.92. The Morgan fingerprint density at radius 2 is 2.30 bits per heavy atom. The van der Waals surface area contributed by atoms with Gasteiger partial charge in [0.15, 0.2) is 0 Å². The van der Waals surface area contributed by atoms with Crippen molar-refractivity contribution in [2.45, 2.75) is 5.37 Å². The zero-order chi connectivity index (χ0) is 13.9. The van der Waals surface area contributed by atoms with Gasteiger partial charge < -0.3 is 9.64 Å². The Hall–Kier alpha value is -1.46. The van der Waals surface area contributed by atoms with Crippen molar-refractivity contribution < 1.29 is 9.53 Å². The lowest BCUT2D eigenvalue weighted by Crippen LogP contribution is -2.30. The molecule has 1 aromatic carbocycles. The lowest BCUT2D eigenvalue weighted by molar-refractivity contribution is 0.0760. The number of ether oxygens (including phenoxy) is 1. The smallest absolute Gasteiger partial charge is 0.255 e. The second-order valence-corrected chi connectivity index (χ2v) is 6.48. The average Bonchev–Trinajstić information content (AvgIpc) is 3.17. The molecular weight excluding hydrogens is 290 g/mol. The molecule has 0 N–H and O–H groups in total. The van der Waals surface area contributed by atoms with Gasteiger partial charge >= 0.3 is 0 Å². The van der Waals surface area contributed by atoms with E-state index < -0.39 is 0 Å². The van der Waals surface area contributed by atoms with Crippen LogP contribution in [0.3, 0.4) is 0 Å². The first kappa shape index (κ1) is 13.5. The number of hydrogen-bond donors (Lipinski definition) is 0. The molecule has 0 bridgehead atoms. The number of carbonyl (C=O) groups excluding carboxylic acids is 1. The summed E-state index contributed by atoms with van der Waals surface area (Å²) in [6.45, 7) is 0.793. The molecule has 1 amide bonds. The quantitative estimate of drug-likeness (QED) is 0.867. The molecule has 0 radical (unpaired) electrons. The summed E-state index contributed by atoms with van der Waals surface area (Å²) < 4.78 is 5.27. The van der Waals surface area contributed by atoms with Gasteiger partial charge in [-0.05, 0) is 29.1 Å². The summed E-state index contributed by atoms with van der Waals surface area (Å²) in [5, 5.41) is 3.93. The van der Waals surface area contributed by atoms with E-state index in [1.165, 1.54) is 0 Å². The number of rotatable bonds is 3. The van der Waals surface area contributed by atoms with Gasteiger partial charge in [-0.15, -0.1) is 11.8 Å². The minimum absolute atomic E-state index is 0.0810. The second kappa shape index (κ2) is 5.89. The molecule has 104 valence electrons. The lowest BCUT2D eigenvalue weighted by Gasteiger charge is -2.24. The number of benzene rings is 1. The highest BCUT2D eigenvalue weighted by molar-refractivity contribution is 7.99. The van der Waals surface area contributed by atoms with E-state index in [-0.39, 0.29) is 11.3 Å². The van der Waals surface area contributed by atoms with Gasteiger partial charge in [0.1, 0.15) is 11.1 Å². The standard InChI is InChI=1S/C15H15NO2S2/c1-18-13-4-2-3-11(9-13)15-16(6-8-20-15)14(17)12-5-7-19-10-12/h2-5,7,9-10,15H,6,8H2,1H3/t15-/m1/s1. The second-order valence-electron chi connectivity index (χ2n) is 4.51. The topological polar surface area (TPSA) is 29.5 Å². The van der Waals surface area contributed by atoms with E-state index >= 15 is 0 Å². The fourth-order valence-electron chi connectivity index (χ4n) is 2.30. The molecule has 3 nitrogen and oxygen atoms in total. The molecule has 5 heteroatoms. The Kier molecular flexibility index (Phi) is 3.98. The monoisotopic (exact) mass is 305 g/mol. The maximum Gasteiger partial charge on any atom is 0.255 e. The molecule has 1 atom stereocenters. The molecule has 0 unspecified atom stereocenters. The third-order valence-electron chi connectivity index (χ3n) is 3.30. The van der Waals surface area contributed by atoms with Crippen LogP contribution in [0.1, 0.15) is 21.3 Å². The molecule has 1 aliphatic rings. The zero-order valence-corrected chi connectivity index (χ0v) is 12.7. The van der Waals surface area contributed by atoms with Gasteiger partial charge in [0.25, 0.3) is 5.91 Å². The molecule has 1 aliphatic heterocycles. The van der Waals surface area contributed by atoms with E-state index in [1.807, 2.05) is 39.9 Å². The van der Waals surface area contributed by atoms with Crippen molar-refractivity contribution in [3.63, 3.8) is 0 Å². The Morgan fingerprint density at radius 3 is 3.05 bits per heavy atom. The van der Waals surface area contributed by atoms with Crippen molar-refractivity contribution in [1.82, 2.24) is 4.90 Å². The first-order valence-corrected chi connectivity index (χ1v) is 8.37. The van der Waals surface area contributed by atoms with E-state index in [0.717, 1.165) is 29.2 Å². The van der Waals surface area contributed by atoms with E-state index in [0.29, 0.717) is 0 Å². The summed E-state index contributed by atoms with van der Waals surface area (Å²) in [6, 6.07) is 9.85. The lowest BCUT2D eigenvalue weighted by atomic mass is 10.2. The van der Waals surface area contributed by atoms with Crippen LogP contribution < -0.4 is 4.74 Å². The highest BCUT2D eigenvalue weighted by atomic mass is 32.2. The maximum absolute atomic E-state index is 12.5. The summed E-state index contributed by atoms with van der Waals surface area (Å²) in [6.07, 6.45) is 0. The number of nitrogens with zero attached hydrogens (tertiary/aromatic N) is 1. The molecule has 1 aromatic heterocycles. The van der Waals surface area contributed by atoms with E-state index in [4.69, 9.17) is 4.74 Å². The Labute approximate surface area is 126 Å². The first-order chi connectivity index (χ1) is 9.79. The Bertz CT molecular complexity index is 598. The predicted molar refractivity (Wildman–Crippen MR) is 83.5 cm³/mol. The largest absolute Gasteiger partial charge is 0.497 e. The van der Waals surface area contributed by atoms with Crippen LogP contribution in [-0.4, -0.2) is 30.2 Å². The van der Waals surface area contributed by atoms with Crippen LogP contribution >= 0.6 is 23.1 Å². The van der Waals surface area contributed by atoms with Crippen LogP contribution in [0, 0.1) is 0 Å². The summed E-state index contributed by atoms with van der Waals surface area (Å²) in [7, 11) is 1.66. The van der Waals surface area contributed by atoms with Crippen LogP contribution in [0.2, 0.25) is 0 Å². The minimum atomic E-state index is 0.0810. The summed E-state index contributed by atoms with van der Waals surface area (Å²) >= 11 is 3.36. The van der Waals surface area contributed by atoms with Crippen molar-refractivity contribution in [2.75, 3.05) is 19.4 Å². The van der Waals surface area contributed by atoms with Crippen molar-refractivity contribution in [1.29, 1.82) is 0 Å². The molecule has 3 rings (SSSR count). The van der Waals surface area contributed by atoms with Gasteiger partial charge in [-0.3, -0.25) is 4.79 Å². The third kappa shape index (κ3) is 2.55. The van der Waals surface area contributed by atoms with Gasteiger partial charge in [0.05, 0.1) is 12.7 Å². The zero-order valence-electron chi connectivity index (χ0n) is 11.1. The molecule has 20 heavy (non-hydrogen) atoms. The number of carbonyl (C=O) groups is 1. The van der Waals surface area contributed by atoms with Crippen LogP contribution in [0.25, 0.3) is 0 Å². The van der Waals surface area contributed by atoms with E-state index in [2.05, 4.69) is 6.07 Å². The highest BCUT2D eigenvalue weighted by Gasteiger charge is 2.31. The number of hydrogen-bond acceptors (Lipinski definition) is 4. The molecule has 0 saturated carbocycles. The van der Waals surface area contributed by atoms with Gasteiger partial charge in [-0.2, -0.15) is 11.3 Å². The highest BCUT2D eigenvalue weighted by Crippen LogP contribution is 2.39. The predicted octanol–water partition coefficient (Wildman–Crippen LogP) is 3.64. The third-order valence-corrected chi connectivity index (χ3v) is 5.24. The van der Waals surface area contributed by atoms with Crippen molar-refractivity contribution in [2.24, 2.45) is 0 Å². The molecule has 1 fully saturated rings. The summed E-state index contributed by atoms with van der Waals surface area (Å²) in [5.41, 5.74) is 1.90. The van der Waals surface area contributed by atoms with Crippen LogP contribution in [0.5, 0.6) is 5.75 Å². The number of methoxy groups -OCH3 is 1. The molecule has 2 aromatic rings. The first-order valence-electron chi connectivity index (χ1n) is 6.38. The molecule has 0 spiro atoms. The van der Waals surface area contributed by atoms with Gasteiger partial charge in [0.2, 0.25) is 0 Å². The van der Waals surface area contributed by atoms with Crippen molar-refractivity contribution >= 4 is 29.0 Å². The van der Waals surface area contributed by atoms with Crippen LogP contribution in [0.4, 0.5) is 0 Å². The minimum Gasteiger partial charge on any atom is -0.497 e. The van der Waals surface area contributed by atoms with Crippen LogP contribution in [0.15, 0.2) is 41.1 Å². The number of thiophene rings is 1. The van der Waals surface area contributed by atoms with E-state index in [9.17, 15) is 4.79 Å². The normalized spacial score (nSPS) is 18.2. The molecule has 0 aliphatic carbocycles. The van der Waals surface area contributed by atoms with Crippen molar-refractivity contribution in [3.05, 3.63) is 52.2 Å². The molecular formula is C15H15NO2S2. The molecule has 1 saturated heterocycles. The van der Waals surface area contributed by atoms with Gasteiger partial charge in [0, 0.05) is 17.7 Å². The SMILES string of the molecule is COc1cccc([C@H]2SCCN2C(=O)c2ccsc2)c1. The fourth-order valence-corrected chi connectivity index (χ4v) is 4.18. The van der Waals surface area contributed by atoms with Crippen LogP contribution in [-0.2, 0) is 0 Å². The van der Waals surface area contributed by atoms with E-state index in [1.54, 1.807) is 30.2 Å². The Balaban J connectivity index is 1.86.